The molecule has 0 fully saturated rings. The number of carboxylic acids is 1. The highest BCUT2D eigenvalue weighted by Crippen LogP contribution is 2.26. The van der Waals surface area contributed by atoms with E-state index in [2.05, 4.69) is 9.97 Å². The van der Waals surface area contributed by atoms with Gasteiger partial charge in [-0.3, -0.25) is 0 Å². The molecular formula is C13H11ClN2O4. The third-order valence-corrected chi connectivity index (χ3v) is 2.58. The van der Waals surface area contributed by atoms with Crippen LogP contribution in [-0.4, -0.2) is 28.2 Å². The molecule has 0 bridgehead atoms. The number of ether oxygens (including phenoxy) is 2. The molecule has 0 spiro atoms. The lowest BCUT2D eigenvalue weighted by Gasteiger charge is -2.09. The van der Waals surface area contributed by atoms with Crippen molar-refractivity contribution in [3.05, 3.63) is 47.0 Å². The van der Waals surface area contributed by atoms with Crippen LogP contribution in [0, 0.1) is 0 Å². The molecule has 0 aliphatic rings. The number of aromatic carboxylic acids is 1. The molecule has 0 aliphatic heterocycles. The van der Waals surface area contributed by atoms with Crippen molar-refractivity contribution in [1.29, 1.82) is 0 Å². The van der Waals surface area contributed by atoms with Gasteiger partial charge in [-0.25, -0.2) is 14.8 Å². The van der Waals surface area contributed by atoms with Gasteiger partial charge in [0.05, 0.1) is 7.11 Å². The maximum Gasteiger partial charge on any atom is 0.354 e. The number of hydrogen-bond donors (Lipinski definition) is 1. The Morgan fingerprint density at radius 3 is 2.65 bits per heavy atom. The predicted molar refractivity (Wildman–Crippen MR) is 71.3 cm³/mol. The molecule has 1 heterocycles. The molecular weight excluding hydrogens is 284 g/mol. The summed E-state index contributed by atoms with van der Waals surface area (Å²) in [6.45, 7) is -0.0127. The first-order valence-electron chi connectivity index (χ1n) is 5.62. The first kappa shape index (κ1) is 14.1. The van der Waals surface area contributed by atoms with Crippen LogP contribution in [-0.2, 0) is 6.61 Å². The van der Waals surface area contributed by atoms with Crippen LogP contribution in [0.25, 0.3) is 0 Å². The molecule has 0 unspecified atom stereocenters. The van der Waals surface area contributed by atoms with Gasteiger partial charge in [0.1, 0.15) is 11.8 Å². The molecule has 104 valence electrons. The number of rotatable bonds is 5. The van der Waals surface area contributed by atoms with E-state index >= 15 is 0 Å². The summed E-state index contributed by atoms with van der Waals surface area (Å²) in [5, 5.41) is 8.94. The van der Waals surface area contributed by atoms with Crippen molar-refractivity contribution in [2.45, 2.75) is 6.61 Å². The fraction of sp³-hybridized carbons (Fsp3) is 0.154. The van der Waals surface area contributed by atoms with Gasteiger partial charge in [-0.05, 0) is 12.1 Å². The van der Waals surface area contributed by atoms with Crippen molar-refractivity contribution >= 4 is 17.6 Å². The number of benzene rings is 1. The SMILES string of the molecule is COc1ccccc1OCc1nc(Cl)cc(C(=O)O)n1. The van der Waals surface area contributed by atoms with Gasteiger partial charge in [-0.1, -0.05) is 23.7 Å². The Kier molecular flexibility index (Phi) is 4.37. The second-order valence-electron chi connectivity index (χ2n) is 3.74. The maximum atomic E-state index is 10.9. The van der Waals surface area contributed by atoms with Crippen molar-refractivity contribution in [1.82, 2.24) is 9.97 Å². The predicted octanol–water partition coefficient (Wildman–Crippen LogP) is 2.42. The molecule has 0 saturated heterocycles. The van der Waals surface area contributed by atoms with Gasteiger partial charge in [-0.2, -0.15) is 0 Å². The third kappa shape index (κ3) is 3.36. The summed E-state index contributed by atoms with van der Waals surface area (Å²) in [6.07, 6.45) is 0. The van der Waals surface area contributed by atoms with Crippen molar-refractivity contribution in [3.8, 4) is 11.5 Å². The van der Waals surface area contributed by atoms with Gasteiger partial charge < -0.3 is 14.6 Å². The number of para-hydroxylation sites is 2. The van der Waals surface area contributed by atoms with E-state index < -0.39 is 5.97 Å². The lowest BCUT2D eigenvalue weighted by molar-refractivity contribution is 0.0689. The Balaban J connectivity index is 2.16. The summed E-state index contributed by atoms with van der Waals surface area (Å²) in [5.74, 6) is 0.0806. The van der Waals surface area contributed by atoms with Crippen LogP contribution < -0.4 is 9.47 Å². The normalized spacial score (nSPS) is 10.1. The first-order chi connectivity index (χ1) is 9.60. The molecule has 0 amide bonds. The van der Waals surface area contributed by atoms with Gasteiger partial charge in [0.25, 0.3) is 0 Å². The zero-order chi connectivity index (χ0) is 14.5. The molecule has 2 rings (SSSR count). The van der Waals surface area contributed by atoms with E-state index in [4.69, 9.17) is 26.2 Å². The van der Waals surface area contributed by atoms with Crippen molar-refractivity contribution in [3.63, 3.8) is 0 Å². The van der Waals surface area contributed by atoms with Crippen LogP contribution >= 0.6 is 11.6 Å². The van der Waals surface area contributed by atoms with Gasteiger partial charge in [0.2, 0.25) is 0 Å². The van der Waals surface area contributed by atoms with Crippen LogP contribution in [0.15, 0.2) is 30.3 Å². The van der Waals surface area contributed by atoms with E-state index in [1.165, 1.54) is 13.2 Å². The number of methoxy groups -OCH3 is 1. The average Bonchev–Trinajstić information content (AvgIpc) is 2.44. The number of carbonyl (C=O) groups is 1. The molecule has 7 heteroatoms. The highest BCUT2D eigenvalue weighted by atomic mass is 35.5. The molecule has 2 aromatic rings. The smallest absolute Gasteiger partial charge is 0.354 e. The van der Waals surface area contributed by atoms with Crippen molar-refractivity contribution in [2.75, 3.05) is 7.11 Å². The Morgan fingerprint density at radius 2 is 2.00 bits per heavy atom. The van der Waals surface area contributed by atoms with E-state index in [1.54, 1.807) is 18.2 Å². The lowest BCUT2D eigenvalue weighted by atomic mass is 10.3. The average molecular weight is 295 g/mol. The van der Waals surface area contributed by atoms with Crippen LogP contribution in [0.5, 0.6) is 11.5 Å². The van der Waals surface area contributed by atoms with Crippen molar-refractivity contribution < 1.29 is 19.4 Å². The fourth-order valence-corrected chi connectivity index (χ4v) is 1.72. The molecule has 0 radical (unpaired) electrons. The number of carboxylic acid groups (broad SMARTS) is 1. The summed E-state index contributed by atoms with van der Waals surface area (Å²) in [5.41, 5.74) is -0.177. The van der Waals surface area contributed by atoms with E-state index in [0.717, 1.165) is 0 Å². The van der Waals surface area contributed by atoms with Crippen LogP contribution in [0.2, 0.25) is 5.15 Å². The molecule has 1 aromatic carbocycles. The van der Waals surface area contributed by atoms with Gasteiger partial charge >= 0.3 is 5.97 Å². The topological polar surface area (TPSA) is 81.5 Å². The highest BCUT2D eigenvalue weighted by Gasteiger charge is 2.11. The maximum absolute atomic E-state index is 10.9. The molecule has 1 N–H and O–H groups in total. The number of aromatic nitrogens is 2. The lowest BCUT2D eigenvalue weighted by Crippen LogP contribution is -2.08. The van der Waals surface area contributed by atoms with Crippen LogP contribution in [0.3, 0.4) is 0 Å². The summed E-state index contributed by atoms with van der Waals surface area (Å²) < 4.78 is 10.6. The molecule has 6 nitrogen and oxygen atoms in total. The Labute approximate surface area is 120 Å². The highest BCUT2D eigenvalue weighted by molar-refractivity contribution is 6.29. The second kappa shape index (κ2) is 6.21. The quantitative estimate of drug-likeness (QED) is 0.853. The minimum atomic E-state index is -1.17. The molecule has 20 heavy (non-hydrogen) atoms. The fourth-order valence-electron chi connectivity index (χ4n) is 1.52. The van der Waals surface area contributed by atoms with Gasteiger partial charge in [0, 0.05) is 6.07 Å². The largest absolute Gasteiger partial charge is 0.493 e. The molecule has 0 atom stereocenters. The van der Waals surface area contributed by atoms with Crippen LogP contribution in [0.4, 0.5) is 0 Å². The van der Waals surface area contributed by atoms with E-state index in [0.29, 0.717) is 11.5 Å². The summed E-state index contributed by atoms with van der Waals surface area (Å²) in [6, 6.07) is 8.25. The summed E-state index contributed by atoms with van der Waals surface area (Å²) in [7, 11) is 1.53. The van der Waals surface area contributed by atoms with Gasteiger partial charge in [0.15, 0.2) is 23.0 Å². The van der Waals surface area contributed by atoms with E-state index in [-0.39, 0.29) is 23.3 Å². The number of hydrogen-bond acceptors (Lipinski definition) is 5. The van der Waals surface area contributed by atoms with Gasteiger partial charge in [-0.15, -0.1) is 0 Å². The molecule has 0 aliphatic carbocycles. The Morgan fingerprint density at radius 1 is 1.30 bits per heavy atom. The van der Waals surface area contributed by atoms with E-state index in [1.807, 2.05) is 6.07 Å². The Hall–Kier alpha value is -2.34. The monoisotopic (exact) mass is 294 g/mol. The number of nitrogens with zero attached hydrogens (tertiary/aromatic N) is 2. The Bertz CT molecular complexity index is 634. The zero-order valence-electron chi connectivity index (χ0n) is 10.5. The van der Waals surface area contributed by atoms with E-state index in [9.17, 15) is 4.79 Å². The second-order valence-corrected chi connectivity index (χ2v) is 4.12. The first-order valence-corrected chi connectivity index (χ1v) is 6.00. The minimum Gasteiger partial charge on any atom is -0.493 e. The standard InChI is InChI=1S/C13H11ClN2O4/c1-19-9-4-2-3-5-10(9)20-7-12-15-8(13(17)18)6-11(14)16-12/h2-6H,7H2,1H3,(H,17,18). The molecule has 1 aromatic heterocycles. The van der Waals surface area contributed by atoms with Crippen molar-refractivity contribution in [2.24, 2.45) is 0 Å². The summed E-state index contributed by atoms with van der Waals surface area (Å²) >= 11 is 5.74. The minimum absolute atomic E-state index is 0.0127. The zero-order valence-corrected chi connectivity index (χ0v) is 11.3. The number of halogens is 1. The molecule has 0 saturated carbocycles. The van der Waals surface area contributed by atoms with Crippen LogP contribution in [0.1, 0.15) is 16.3 Å². The summed E-state index contributed by atoms with van der Waals surface area (Å²) in [4.78, 5) is 18.6. The third-order valence-electron chi connectivity index (χ3n) is 2.39.